The maximum atomic E-state index is 14.1. The van der Waals surface area contributed by atoms with E-state index in [-0.39, 0.29) is 17.8 Å². The van der Waals surface area contributed by atoms with Gasteiger partial charge < -0.3 is 0 Å². The first-order valence-corrected chi connectivity index (χ1v) is 10.1. The third-order valence-corrected chi connectivity index (χ3v) is 7.10. The van der Waals surface area contributed by atoms with Gasteiger partial charge in [0, 0.05) is 5.41 Å². The molecule has 4 rings (SSSR count). The average molecular weight is 434 g/mol. The Morgan fingerprint density at radius 3 is 2.34 bits per heavy atom. The van der Waals surface area contributed by atoms with Crippen LogP contribution in [0, 0.1) is 17.0 Å². The molecule has 0 spiro atoms. The number of fused-ring (bicyclic) bond motifs is 5. The molecule has 11 heteroatoms. The van der Waals surface area contributed by atoms with Gasteiger partial charge >= 0.3 is 15.6 Å². The van der Waals surface area contributed by atoms with Crippen molar-refractivity contribution < 1.29 is 34.6 Å². The van der Waals surface area contributed by atoms with E-state index in [1.165, 1.54) is 12.1 Å². The van der Waals surface area contributed by atoms with Crippen LogP contribution in [0.15, 0.2) is 24.3 Å². The van der Waals surface area contributed by atoms with Gasteiger partial charge in [-0.2, -0.15) is 26.7 Å². The summed E-state index contributed by atoms with van der Waals surface area (Å²) in [4.78, 5) is 0. The fourth-order valence-corrected chi connectivity index (χ4v) is 5.40. The molecule has 0 radical (unpaired) electrons. The van der Waals surface area contributed by atoms with Crippen molar-refractivity contribution in [3.8, 4) is 11.3 Å². The summed E-state index contributed by atoms with van der Waals surface area (Å²) in [6, 6.07) is 4.62. The SMILES string of the molecule is CC1(C)[C@H]2CCC1(OS(=O)(=O)C(F)(F)F)c1nnc(-c3c(F)cccc3F)cc12. The van der Waals surface area contributed by atoms with Gasteiger partial charge in [-0.05, 0) is 42.5 Å². The minimum absolute atomic E-state index is 0.00490. The Kier molecular flexibility index (Phi) is 4.13. The molecule has 2 aromatic rings. The van der Waals surface area contributed by atoms with Crippen molar-refractivity contribution in [2.45, 2.75) is 43.7 Å². The van der Waals surface area contributed by atoms with Crippen LogP contribution in [0.4, 0.5) is 22.0 Å². The normalized spacial score (nSPS) is 25.3. The molecule has 1 fully saturated rings. The highest BCUT2D eigenvalue weighted by molar-refractivity contribution is 7.87. The summed E-state index contributed by atoms with van der Waals surface area (Å²) in [6.07, 6.45) is 0.327. The molecular weight excluding hydrogens is 419 g/mol. The monoisotopic (exact) mass is 434 g/mol. The van der Waals surface area contributed by atoms with Gasteiger partial charge in [-0.1, -0.05) is 19.9 Å². The Morgan fingerprint density at radius 2 is 1.76 bits per heavy atom. The van der Waals surface area contributed by atoms with Crippen molar-refractivity contribution in [2.24, 2.45) is 5.41 Å². The molecule has 1 aromatic heterocycles. The van der Waals surface area contributed by atoms with Gasteiger partial charge in [-0.3, -0.25) is 0 Å². The molecule has 2 atom stereocenters. The van der Waals surface area contributed by atoms with E-state index in [1.807, 2.05) is 0 Å². The molecule has 2 bridgehead atoms. The highest BCUT2D eigenvalue weighted by Gasteiger charge is 2.68. The highest BCUT2D eigenvalue weighted by Crippen LogP contribution is 2.68. The molecule has 5 nitrogen and oxygen atoms in total. The molecule has 2 aliphatic rings. The maximum Gasteiger partial charge on any atom is 0.523 e. The van der Waals surface area contributed by atoms with Crippen molar-refractivity contribution >= 4 is 10.1 Å². The average Bonchev–Trinajstić information content (AvgIpc) is 2.93. The van der Waals surface area contributed by atoms with Gasteiger partial charge in [0.2, 0.25) is 0 Å². The zero-order valence-corrected chi connectivity index (χ0v) is 16.0. The minimum Gasteiger partial charge on any atom is -0.249 e. The van der Waals surface area contributed by atoms with Crippen molar-refractivity contribution in [2.75, 3.05) is 0 Å². The molecule has 0 saturated heterocycles. The van der Waals surface area contributed by atoms with E-state index in [0.717, 1.165) is 12.1 Å². The molecule has 2 aliphatic carbocycles. The number of hydrogen-bond donors (Lipinski definition) is 0. The quantitative estimate of drug-likeness (QED) is 0.407. The Bertz CT molecular complexity index is 1100. The first-order chi connectivity index (χ1) is 13.3. The molecule has 1 saturated carbocycles. The molecule has 0 N–H and O–H groups in total. The molecule has 1 aromatic carbocycles. The van der Waals surface area contributed by atoms with Crippen LogP contribution in [0.3, 0.4) is 0 Å². The van der Waals surface area contributed by atoms with Crippen LogP contribution in [0.2, 0.25) is 0 Å². The number of benzene rings is 1. The second-order valence-corrected chi connectivity index (χ2v) is 9.29. The van der Waals surface area contributed by atoms with Crippen molar-refractivity contribution in [3.63, 3.8) is 0 Å². The van der Waals surface area contributed by atoms with Crippen LogP contribution < -0.4 is 0 Å². The van der Waals surface area contributed by atoms with Gasteiger partial charge in [-0.15, -0.1) is 5.10 Å². The summed E-state index contributed by atoms with van der Waals surface area (Å²) in [5, 5.41) is 7.67. The lowest BCUT2D eigenvalue weighted by Gasteiger charge is -2.36. The zero-order valence-electron chi connectivity index (χ0n) is 15.2. The zero-order chi connectivity index (χ0) is 21.4. The highest BCUT2D eigenvalue weighted by atomic mass is 32.2. The number of aromatic nitrogens is 2. The topological polar surface area (TPSA) is 69.2 Å². The molecule has 29 heavy (non-hydrogen) atoms. The lowest BCUT2D eigenvalue weighted by molar-refractivity contribution is -0.0809. The van der Waals surface area contributed by atoms with E-state index >= 15 is 0 Å². The van der Waals surface area contributed by atoms with Crippen molar-refractivity contribution in [1.82, 2.24) is 10.2 Å². The summed E-state index contributed by atoms with van der Waals surface area (Å²) >= 11 is 0. The van der Waals surface area contributed by atoms with Crippen LogP contribution in [0.1, 0.15) is 43.9 Å². The third-order valence-electron chi connectivity index (χ3n) is 6.03. The van der Waals surface area contributed by atoms with Gasteiger partial charge in [0.15, 0.2) is 0 Å². The van der Waals surface area contributed by atoms with Crippen LogP contribution in [0.25, 0.3) is 11.3 Å². The molecule has 1 unspecified atom stereocenters. The van der Waals surface area contributed by atoms with Crippen LogP contribution >= 0.6 is 0 Å². The summed E-state index contributed by atoms with van der Waals surface area (Å²) in [6.45, 7) is 3.17. The minimum atomic E-state index is -5.90. The Balaban J connectivity index is 1.88. The summed E-state index contributed by atoms with van der Waals surface area (Å²) < 4.78 is 95.5. The predicted molar refractivity (Wildman–Crippen MR) is 90.9 cm³/mol. The van der Waals surface area contributed by atoms with E-state index in [1.54, 1.807) is 13.8 Å². The lowest BCUT2D eigenvalue weighted by Crippen LogP contribution is -2.43. The predicted octanol–water partition coefficient (Wildman–Crippen LogP) is 4.40. The van der Waals surface area contributed by atoms with Gasteiger partial charge in [0.25, 0.3) is 0 Å². The van der Waals surface area contributed by atoms with E-state index in [4.69, 9.17) is 4.18 Å². The smallest absolute Gasteiger partial charge is 0.249 e. The number of rotatable bonds is 3. The number of hydrogen-bond acceptors (Lipinski definition) is 5. The van der Waals surface area contributed by atoms with Crippen LogP contribution in [-0.4, -0.2) is 24.1 Å². The second kappa shape index (κ2) is 5.94. The summed E-state index contributed by atoms with van der Waals surface area (Å²) in [5.41, 5.74) is -8.73. The van der Waals surface area contributed by atoms with E-state index in [9.17, 15) is 30.4 Å². The second-order valence-electron chi connectivity index (χ2n) is 7.75. The molecule has 156 valence electrons. The summed E-state index contributed by atoms with van der Waals surface area (Å²) in [5.74, 6) is -2.15. The Morgan fingerprint density at radius 1 is 1.14 bits per heavy atom. The van der Waals surface area contributed by atoms with Crippen LogP contribution in [0.5, 0.6) is 0 Å². The molecule has 1 heterocycles. The fraction of sp³-hybridized carbons (Fsp3) is 0.444. The molecule has 0 aliphatic heterocycles. The summed E-state index contributed by atoms with van der Waals surface area (Å²) in [7, 11) is -5.90. The lowest BCUT2D eigenvalue weighted by atomic mass is 9.77. The Labute approximate surface area is 163 Å². The van der Waals surface area contributed by atoms with Gasteiger partial charge in [0.1, 0.15) is 22.9 Å². The van der Waals surface area contributed by atoms with E-state index < -0.39 is 49.8 Å². The molecular formula is C18H15F5N2O3S. The number of alkyl halides is 3. The van der Waals surface area contributed by atoms with Gasteiger partial charge in [-0.25, -0.2) is 13.0 Å². The largest absolute Gasteiger partial charge is 0.523 e. The molecule has 0 amide bonds. The standard InChI is InChI=1S/C18H15F5N2O3S/c1-16(2)10-6-7-17(16,28-29(26,27)18(21,22)23)15-9(10)8-13(24-25-15)14-11(19)4-3-5-12(14)20/h3-5,8,10H,6-7H2,1-2H3/t10-,17?/m0/s1. The van der Waals surface area contributed by atoms with E-state index in [0.29, 0.717) is 12.0 Å². The van der Waals surface area contributed by atoms with Gasteiger partial charge in [0.05, 0.1) is 11.3 Å². The number of halogens is 5. The van der Waals surface area contributed by atoms with Crippen LogP contribution in [-0.2, 0) is 19.9 Å². The third kappa shape index (κ3) is 2.63. The first-order valence-electron chi connectivity index (χ1n) is 8.66. The number of nitrogens with zero attached hydrogens (tertiary/aromatic N) is 2. The Hall–Kier alpha value is -2.14. The maximum absolute atomic E-state index is 14.1. The van der Waals surface area contributed by atoms with E-state index in [2.05, 4.69) is 10.2 Å². The first kappa shape index (κ1) is 20.1. The van der Waals surface area contributed by atoms with Crippen molar-refractivity contribution in [1.29, 1.82) is 0 Å². The fourth-order valence-electron chi connectivity index (χ4n) is 4.55. The van der Waals surface area contributed by atoms with Crippen molar-refractivity contribution in [3.05, 3.63) is 47.2 Å².